The van der Waals surface area contributed by atoms with Crippen LogP contribution in [0, 0.1) is 0 Å². The number of aromatic carboxylic acids is 1. The molecular weight excluding hydrogens is 276 g/mol. The van der Waals surface area contributed by atoms with Gasteiger partial charge in [-0.05, 0) is 30.7 Å². The van der Waals surface area contributed by atoms with Crippen molar-refractivity contribution in [2.24, 2.45) is 0 Å². The minimum absolute atomic E-state index is 0.135. The van der Waals surface area contributed by atoms with Crippen molar-refractivity contribution in [3.05, 3.63) is 29.3 Å². The molecule has 1 aromatic rings. The lowest BCUT2D eigenvalue weighted by Crippen LogP contribution is -2.46. The normalized spacial score (nSPS) is 17.7. The predicted molar refractivity (Wildman–Crippen MR) is 74.3 cm³/mol. The van der Waals surface area contributed by atoms with E-state index in [1.807, 2.05) is 6.92 Å². The van der Waals surface area contributed by atoms with Gasteiger partial charge in [-0.1, -0.05) is 0 Å². The zero-order chi connectivity index (χ0) is 15.6. The number of fused-ring (bicyclic) bond motifs is 1. The molecule has 1 heterocycles. The summed E-state index contributed by atoms with van der Waals surface area (Å²) in [5.74, 6) is -2.47. The summed E-state index contributed by atoms with van der Waals surface area (Å²) in [5, 5.41) is 20.6. The van der Waals surface area contributed by atoms with Crippen LogP contribution in [0.3, 0.4) is 0 Å². The van der Waals surface area contributed by atoms with Crippen LogP contribution >= 0.6 is 0 Å². The Bertz CT molecular complexity index is 599. The Kier molecular flexibility index (Phi) is 4.11. The van der Waals surface area contributed by atoms with Crippen LogP contribution in [0.1, 0.15) is 29.3 Å². The second-order valence-electron chi connectivity index (χ2n) is 4.77. The van der Waals surface area contributed by atoms with Gasteiger partial charge in [0.15, 0.2) is 0 Å². The minimum Gasteiger partial charge on any atom is -0.481 e. The first kappa shape index (κ1) is 14.8. The number of aliphatic carboxylic acids is 1. The van der Waals surface area contributed by atoms with Crippen LogP contribution in [0.25, 0.3) is 0 Å². The third-order valence-corrected chi connectivity index (χ3v) is 3.48. The summed E-state index contributed by atoms with van der Waals surface area (Å²) in [6.07, 6.45) is -0.306. The van der Waals surface area contributed by atoms with Gasteiger partial charge in [-0.2, -0.15) is 0 Å². The fraction of sp³-hybridized carbons (Fsp3) is 0.357. The Balaban J connectivity index is 2.46. The van der Waals surface area contributed by atoms with Crippen molar-refractivity contribution in [1.29, 1.82) is 0 Å². The van der Waals surface area contributed by atoms with E-state index in [4.69, 9.17) is 10.2 Å². The van der Waals surface area contributed by atoms with E-state index in [9.17, 15) is 14.4 Å². The van der Waals surface area contributed by atoms with Crippen LogP contribution in [0.15, 0.2) is 18.2 Å². The van der Waals surface area contributed by atoms with Crippen molar-refractivity contribution in [2.75, 3.05) is 11.4 Å². The smallest absolute Gasteiger partial charge is 0.335 e. The third kappa shape index (κ3) is 2.96. The summed E-state index contributed by atoms with van der Waals surface area (Å²) in [6.45, 7) is 2.45. The summed E-state index contributed by atoms with van der Waals surface area (Å²) >= 11 is 0. The first-order valence-corrected chi connectivity index (χ1v) is 6.56. The Morgan fingerprint density at radius 2 is 2.10 bits per heavy atom. The van der Waals surface area contributed by atoms with E-state index in [1.165, 1.54) is 12.1 Å². The number of anilines is 1. The van der Waals surface area contributed by atoms with Gasteiger partial charge in [0, 0.05) is 18.8 Å². The highest BCUT2D eigenvalue weighted by Gasteiger charge is 2.31. The molecule has 1 aliphatic rings. The standard InChI is InChI=1S/C14H16N2O5/c1-2-16-10-4-3-8(14(20)21)5-9(10)7-15-13(19)11(16)6-12(17)18/h3-5,11H,2,6-7H2,1H3,(H,15,19)(H,17,18)(H,20,21). The lowest BCUT2D eigenvalue weighted by Gasteiger charge is -2.29. The molecule has 0 fully saturated rings. The highest BCUT2D eigenvalue weighted by atomic mass is 16.4. The third-order valence-electron chi connectivity index (χ3n) is 3.48. The van der Waals surface area contributed by atoms with Crippen LogP contribution in [0.2, 0.25) is 0 Å². The number of amides is 1. The molecule has 0 aromatic heterocycles. The number of rotatable bonds is 4. The molecule has 0 aliphatic carbocycles. The quantitative estimate of drug-likeness (QED) is 0.753. The first-order valence-electron chi connectivity index (χ1n) is 6.56. The molecule has 7 heteroatoms. The van der Waals surface area contributed by atoms with Gasteiger partial charge in [0.1, 0.15) is 6.04 Å². The van der Waals surface area contributed by atoms with Gasteiger partial charge in [-0.15, -0.1) is 0 Å². The van der Waals surface area contributed by atoms with Gasteiger partial charge in [0.2, 0.25) is 5.91 Å². The Morgan fingerprint density at radius 1 is 1.38 bits per heavy atom. The maximum absolute atomic E-state index is 12.1. The van der Waals surface area contributed by atoms with E-state index < -0.39 is 18.0 Å². The van der Waals surface area contributed by atoms with Crippen molar-refractivity contribution in [3.8, 4) is 0 Å². The molecule has 1 amide bonds. The topological polar surface area (TPSA) is 107 Å². The summed E-state index contributed by atoms with van der Waals surface area (Å²) in [5.41, 5.74) is 1.49. The zero-order valence-corrected chi connectivity index (χ0v) is 11.5. The van der Waals surface area contributed by atoms with E-state index in [0.29, 0.717) is 17.8 Å². The molecule has 2 rings (SSSR count). The van der Waals surface area contributed by atoms with Gasteiger partial charge in [-0.3, -0.25) is 9.59 Å². The Hall–Kier alpha value is -2.57. The summed E-state index contributed by atoms with van der Waals surface area (Å²) in [6, 6.07) is 3.78. The van der Waals surface area contributed by atoms with Gasteiger partial charge in [-0.25, -0.2) is 4.79 Å². The van der Waals surface area contributed by atoms with Crippen LogP contribution in [0.4, 0.5) is 5.69 Å². The van der Waals surface area contributed by atoms with E-state index in [2.05, 4.69) is 5.32 Å². The lowest BCUT2D eigenvalue weighted by atomic mass is 10.1. The number of likely N-dealkylation sites (N-methyl/N-ethyl adjacent to an activating group) is 1. The van der Waals surface area contributed by atoms with E-state index in [1.54, 1.807) is 11.0 Å². The molecule has 1 aliphatic heterocycles. The minimum atomic E-state index is -1.06. The maximum Gasteiger partial charge on any atom is 0.335 e. The van der Waals surface area contributed by atoms with E-state index >= 15 is 0 Å². The number of benzene rings is 1. The molecule has 21 heavy (non-hydrogen) atoms. The van der Waals surface area contributed by atoms with Crippen LogP contribution in [-0.2, 0) is 16.1 Å². The highest BCUT2D eigenvalue weighted by molar-refractivity contribution is 5.92. The van der Waals surface area contributed by atoms with E-state index in [0.717, 1.165) is 0 Å². The van der Waals surface area contributed by atoms with Gasteiger partial charge >= 0.3 is 11.9 Å². The zero-order valence-electron chi connectivity index (χ0n) is 11.5. The predicted octanol–water partition coefficient (Wildman–Crippen LogP) is 0.684. The molecule has 0 saturated carbocycles. The van der Waals surface area contributed by atoms with Gasteiger partial charge < -0.3 is 20.4 Å². The van der Waals surface area contributed by atoms with Gasteiger partial charge in [0.25, 0.3) is 0 Å². The summed E-state index contributed by atoms with van der Waals surface area (Å²) in [4.78, 5) is 35.7. The van der Waals surface area contributed by atoms with Crippen molar-refractivity contribution in [3.63, 3.8) is 0 Å². The fourth-order valence-corrected chi connectivity index (χ4v) is 2.51. The van der Waals surface area contributed by atoms with Gasteiger partial charge in [0.05, 0.1) is 12.0 Å². The van der Waals surface area contributed by atoms with Crippen molar-refractivity contribution >= 4 is 23.5 Å². The molecule has 1 aromatic carbocycles. The number of hydrogen-bond acceptors (Lipinski definition) is 4. The van der Waals surface area contributed by atoms with Crippen molar-refractivity contribution < 1.29 is 24.6 Å². The van der Waals surface area contributed by atoms with Crippen molar-refractivity contribution in [2.45, 2.75) is 25.9 Å². The highest BCUT2D eigenvalue weighted by Crippen LogP contribution is 2.27. The first-order chi connectivity index (χ1) is 9.93. The van der Waals surface area contributed by atoms with Crippen LogP contribution in [0.5, 0.6) is 0 Å². The maximum atomic E-state index is 12.1. The molecule has 0 spiro atoms. The SMILES string of the molecule is CCN1c2ccc(C(=O)O)cc2CNC(=O)C1CC(=O)O. The molecule has 0 radical (unpaired) electrons. The molecule has 112 valence electrons. The number of carboxylic acid groups (broad SMARTS) is 2. The van der Waals surface area contributed by atoms with E-state index in [-0.39, 0.29) is 24.4 Å². The number of carboxylic acids is 2. The molecule has 1 atom stereocenters. The fourth-order valence-electron chi connectivity index (χ4n) is 2.51. The molecule has 0 saturated heterocycles. The average Bonchev–Trinajstić information content (AvgIpc) is 2.56. The lowest BCUT2D eigenvalue weighted by molar-refractivity contribution is -0.139. The largest absolute Gasteiger partial charge is 0.481 e. The summed E-state index contributed by atoms with van der Waals surface area (Å²) < 4.78 is 0. The Morgan fingerprint density at radius 3 is 2.67 bits per heavy atom. The molecule has 7 nitrogen and oxygen atoms in total. The molecule has 0 bridgehead atoms. The molecule has 3 N–H and O–H groups in total. The van der Waals surface area contributed by atoms with Crippen molar-refractivity contribution in [1.82, 2.24) is 5.32 Å². The number of nitrogens with zero attached hydrogens (tertiary/aromatic N) is 1. The second-order valence-corrected chi connectivity index (χ2v) is 4.77. The van der Waals surface area contributed by atoms with Crippen LogP contribution in [-0.4, -0.2) is 40.6 Å². The molecule has 1 unspecified atom stereocenters. The monoisotopic (exact) mass is 292 g/mol. The average molecular weight is 292 g/mol. The number of nitrogens with one attached hydrogen (secondary N) is 1. The Labute approximate surface area is 121 Å². The number of hydrogen-bond donors (Lipinski definition) is 3. The second kappa shape index (κ2) is 5.82. The number of carbonyl (C=O) groups excluding carboxylic acids is 1. The summed E-state index contributed by atoms with van der Waals surface area (Å²) in [7, 11) is 0. The van der Waals surface area contributed by atoms with Crippen LogP contribution < -0.4 is 10.2 Å². The molecular formula is C14H16N2O5. The number of carbonyl (C=O) groups is 3.